The maximum absolute atomic E-state index is 12.3. The second-order valence-corrected chi connectivity index (χ2v) is 8.39. The summed E-state index contributed by atoms with van der Waals surface area (Å²) in [5, 5.41) is 9.41. The van der Waals surface area contributed by atoms with Crippen LogP contribution in [0.4, 0.5) is 0 Å². The van der Waals surface area contributed by atoms with Gasteiger partial charge in [0.1, 0.15) is 6.04 Å². The molecule has 1 N–H and O–H groups in total. The first kappa shape index (κ1) is 14.7. The topological polar surface area (TPSA) is 57.6 Å². The molecule has 1 aliphatic carbocycles. The predicted molar refractivity (Wildman–Crippen MR) is 76.2 cm³/mol. The van der Waals surface area contributed by atoms with E-state index in [2.05, 4.69) is 20.8 Å². The van der Waals surface area contributed by atoms with Crippen molar-refractivity contribution >= 4 is 23.6 Å². The average Bonchev–Trinajstić information content (AvgIpc) is 2.82. The van der Waals surface area contributed by atoms with Crippen molar-refractivity contribution in [3.05, 3.63) is 0 Å². The molecular weight excluding hydrogens is 262 g/mol. The van der Waals surface area contributed by atoms with Gasteiger partial charge in [0.15, 0.2) is 0 Å². The van der Waals surface area contributed by atoms with Gasteiger partial charge in [0.25, 0.3) is 0 Å². The number of fused-ring (bicyclic) bond motifs is 1. The molecule has 3 unspecified atom stereocenters. The van der Waals surface area contributed by atoms with Crippen molar-refractivity contribution in [2.75, 3.05) is 12.3 Å². The summed E-state index contributed by atoms with van der Waals surface area (Å²) in [7, 11) is 0. The van der Waals surface area contributed by atoms with E-state index >= 15 is 0 Å². The Balaban J connectivity index is 2.02. The molecule has 5 heteroatoms. The molecule has 0 bridgehead atoms. The molecule has 0 aromatic heterocycles. The highest BCUT2D eigenvalue weighted by atomic mass is 32.2. The summed E-state index contributed by atoms with van der Waals surface area (Å²) >= 11 is 1.59. The molecule has 0 aromatic rings. The van der Waals surface area contributed by atoms with Gasteiger partial charge < -0.3 is 10.0 Å². The highest BCUT2D eigenvalue weighted by Crippen LogP contribution is 2.42. The van der Waals surface area contributed by atoms with Crippen molar-refractivity contribution in [2.24, 2.45) is 11.8 Å². The molecular formula is C14H23NO3S. The predicted octanol–water partition coefficient (Wildman–Crippen LogP) is 2.23. The minimum absolute atomic E-state index is 0.0123. The van der Waals surface area contributed by atoms with Gasteiger partial charge in [-0.1, -0.05) is 27.2 Å². The van der Waals surface area contributed by atoms with Crippen LogP contribution in [0.3, 0.4) is 0 Å². The summed E-state index contributed by atoms with van der Waals surface area (Å²) in [6.07, 6.45) is 3.14. The van der Waals surface area contributed by atoms with Crippen LogP contribution in [0.5, 0.6) is 0 Å². The van der Waals surface area contributed by atoms with Gasteiger partial charge in [-0.2, -0.15) is 0 Å². The van der Waals surface area contributed by atoms with Crippen LogP contribution in [0.25, 0.3) is 0 Å². The summed E-state index contributed by atoms with van der Waals surface area (Å²) in [6.45, 7) is 6.85. The van der Waals surface area contributed by atoms with E-state index in [1.807, 2.05) is 0 Å². The number of carboxylic acids is 1. The number of thioether (sulfide) groups is 1. The molecule has 0 aromatic carbocycles. The van der Waals surface area contributed by atoms with Crippen molar-refractivity contribution in [2.45, 2.75) is 50.8 Å². The van der Waals surface area contributed by atoms with Gasteiger partial charge in [-0.25, -0.2) is 4.79 Å². The van der Waals surface area contributed by atoms with Gasteiger partial charge in [-0.15, -0.1) is 11.8 Å². The van der Waals surface area contributed by atoms with Gasteiger partial charge in [0, 0.05) is 11.3 Å². The second kappa shape index (κ2) is 5.35. The van der Waals surface area contributed by atoms with E-state index in [0.717, 1.165) is 19.3 Å². The number of hydrogen-bond donors (Lipinski definition) is 1. The Morgan fingerprint density at radius 2 is 2.00 bits per heavy atom. The lowest BCUT2D eigenvalue weighted by molar-refractivity contribution is -0.148. The number of amides is 1. The van der Waals surface area contributed by atoms with Gasteiger partial charge in [0.2, 0.25) is 5.91 Å². The summed E-state index contributed by atoms with van der Waals surface area (Å²) in [6, 6.07) is -0.583. The Bertz CT molecular complexity index is 377. The summed E-state index contributed by atoms with van der Waals surface area (Å²) in [4.78, 5) is 25.4. The van der Waals surface area contributed by atoms with Crippen LogP contribution < -0.4 is 0 Å². The monoisotopic (exact) mass is 285 g/mol. The molecule has 2 fully saturated rings. The molecule has 19 heavy (non-hydrogen) atoms. The zero-order valence-corrected chi connectivity index (χ0v) is 12.7. The van der Waals surface area contributed by atoms with E-state index in [4.69, 9.17) is 0 Å². The number of hydrogen-bond acceptors (Lipinski definition) is 3. The fourth-order valence-corrected chi connectivity index (χ4v) is 3.96. The molecule has 0 spiro atoms. The molecule has 1 aliphatic heterocycles. The van der Waals surface area contributed by atoms with Crippen LogP contribution in [0.2, 0.25) is 0 Å². The first-order valence-corrected chi connectivity index (χ1v) is 7.94. The number of likely N-dealkylation sites (tertiary alicyclic amines) is 1. The molecule has 1 saturated heterocycles. The fraction of sp³-hybridized carbons (Fsp3) is 0.857. The van der Waals surface area contributed by atoms with Crippen molar-refractivity contribution in [1.29, 1.82) is 0 Å². The lowest BCUT2D eigenvalue weighted by Gasteiger charge is -2.26. The second-order valence-electron chi connectivity index (χ2n) is 6.59. The Morgan fingerprint density at radius 1 is 1.32 bits per heavy atom. The van der Waals surface area contributed by atoms with Crippen LogP contribution >= 0.6 is 11.8 Å². The summed E-state index contributed by atoms with van der Waals surface area (Å²) in [5.74, 6) is 0.128. The maximum atomic E-state index is 12.3. The van der Waals surface area contributed by atoms with Crippen LogP contribution in [0, 0.1) is 11.8 Å². The molecule has 1 heterocycles. The van der Waals surface area contributed by atoms with Crippen LogP contribution in [-0.4, -0.2) is 45.0 Å². The third-order valence-electron chi connectivity index (χ3n) is 4.09. The Hall–Kier alpha value is -0.710. The number of carbonyl (C=O) groups is 2. The van der Waals surface area contributed by atoms with E-state index in [9.17, 15) is 14.7 Å². The van der Waals surface area contributed by atoms with Crippen molar-refractivity contribution in [1.82, 2.24) is 4.90 Å². The fourth-order valence-electron chi connectivity index (χ4n) is 3.24. The van der Waals surface area contributed by atoms with Gasteiger partial charge in [-0.05, 0) is 24.7 Å². The zero-order chi connectivity index (χ0) is 14.2. The van der Waals surface area contributed by atoms with Crippen LogP contribution in [-0.2, 0) is 9.59 Å². The number of nitrogens with zero attached hydrogens (tertiary/aromatic N) is 1. The smallest absolute Gasteiger partial charge is 0.326 e. The van der Waals surface area contributed by atoms with Crippen molar-refractivity contribution in [3.8, 4) is 0 Å². The molecule has 0 radical (unpaired) electrons. The lowest BCUT2D eigenvalue weighted by Crippen LogP contribution is -2.44. The largest absolute Gasteiger partial charge is 0.480 e. The van der Waals surface area contributed by atoms with Crippen LogP contribution in [0.1, 0.15) is 40.0 Å². The highest BCUT2D eigenvalue weighted by Gasteiger charge is 2.49. The highest BCUT2D eigenvalue weighted by molar-refractivity contribution is 8.01. The van der Waals surface area contributed by atoms with Crippen molar-refractivity contribution in [3.63, 3.8) is 0 Å². The normalized spacial score (nSPS) is 30.5. The molecule has 4 nitrogen and oxygen atoms in total. The number of carbonyl (C=O) groups excluding carboxylic acids is 1. The van der Waals surface area contributed by atoms with E-state index in [-0.39, 0.29) is 16.6 Å². The van der Waals surface area contributed by atoms with E-state index in [1.165, 1.54) is 0 Å². The van der Waals surface area contributed by atoms with Crippen LogP contribution in [0.15, 0.2) is 0 Å². The molecule has 2 rings (SSSR count). The number of rotatable bonds is 3. The Labute approximate surface area is 118 Å². The lowest BCUT2D eigenvalue weighted by atomic mass is 9.94. The van der Waals surface area contributed by atoms with Gasteiger partial charge >= 0.3 is 5.97 Å². The minimum Gasteiger partial charge on any atom is -0.480 e. The zero-order valence-electron chi connectivity index (χ0n) is 11.9. The quantitative estimate of drug-likeness (QED) is 0.864. The SMILES string of the molecule is CC(C)(C)SCC(=O)N1CC2CCCC2C1C(=O)O. The standard InChI is InChI=1S/C14H23NO3S/c1-14(2,3)19-8-11(16)15-7-9-5-4-6-10(9)12(15)13(17)18/h9-10,12H,4-8H2,1-3H3,(H,17,18). The molecule has 108 valence electrons. The van der Waals surface area contributed by atoms with Gasteiger partial charge in [0.05, 0.1) is 5.75 Å². The first-order valence-electron chi connectivity index (χ1n) is 6.96. The molecule has 1 amide bonds. The molecule has 1 saturated carbocycles. The maximum Gasteiger partial charge on any atom is 0.326 e. The number of carboxylic acid groups (broad SMARTS) is 1. The molecule has 2 aliphatic rings. The number of aliphatic carboxylic acids is 1. The summed E-state index contributed by atoms with van der Waals surface area (Å²) in [5.41, 5.74) is 0. The van der Waals surface area contributed by atoms with E-state index in [1.54, 1.807) is 16.7 Å². The summed E-state index contributed by atoms with van der Waals surface area (Å²) < 4.78 is 0.0317. The van der Waals surface area contributed by atoms with E-state index < -0.39 is 12.0 Å². The Morgan fingerprint density at radius 3 is 2.58 bits per heavy atom. The first-order chi connectivity index (χ1) is 8.79. The van der Waals surface area contributed by atoms with Gasteiger partial charge in [-0.3, -0.25) is 4.79 Å². The third-order valence-corrected chi connectivity index (χ3v) is 5.35. The molecule has 3 atom stereocenters. The Kier molecular flexibility index (Phi) is 4.14. The average molecular weight is 285 g/mol. The van der Waals surface area contributed by atoms with Crippen molar-refractivity contribution < 1.29 is 14.7 Å². The van der Waals surface area contributed by atoms with E-state index in [0.29, 0.717) is 18.2 Å². The third kappa shape index (κ3) is 3.25. The minimum atomic E-state index is -0.830.